The molecule has 5 rings (SSSR count). The fraction of sp³-hybridized carbons (Fsp3) is 0.0500. The number of nitrogens with zero attached hydrogens (tertiary/aromatic N) is 8. The fourth-order valence-corrected chi connectivity index (χ4v) is 3.12. The summed E-state index contributed by atoms with van der Waals surface area (Å²) < 4.78 is 1.58. The lowest BCUT2D eigenvalue weighted by molar-refractivity contribution is 0.713. The molecule has 0 aliphatic rings. The van der Waals surface area contributed by atoms with Crippen LogP contribution >= 0.6 is 0 Å². The summed E-state index contributed by atoms with van der Waals surface area (Å²) in [5, 5.41) is 19.9. The van der Waals surface area contributed by atoms with Gasteiger partial charge in [0.05, 0.1) is 16.9 Å². The van der Waals surface area contributed by atoms with Crippen LogP contribution < -0.4 is 5.73 Å². The highest BCUT2D eigenvalue weighted by Crippen LogP contribution is 2.25. The van der Waals surface area contributed by atoms with Gasteiger partial charge in [-0.1, -0.05) is 18.2 Å². The largest absolute Gasteiger partial charge is 0.368 e. The van der Waals surface area contributed by atoms with Crippen LogP contribution in [0.1, 0.15) is 11.3 Å². The van der Waals surface area contributed by atoms with Crippen LogP contribution in [0.15, 0.2) is 48.8 Å². The Hall–Kier alpha value is -4.47. The predicted molar refractivity (Wildman–Crippen MR) is 112 cm³/mol. The van der Waals surface area contributed by atoms with Crippen LogP contribution in [0.25, 0.3) is 45.8 Å². The summed E-state index contributed by atoms with van der Waals surface area (Å²) in [6.45, 7) is 0. The third-order valence-corrected chi connectivity index (χ3v) is 4.63. The van der Waals surface area contributed by atoms with Crippen molar-refractivity contribution < 1.29 is 0 Å². The topological polar surface area (TPSA) is 137 Å². The number of nitrogen functional groups attached to an aromatic ring is 1. The average Bonchev–Trinajstić information content (AvgIpc) is 3.38. The maximum atomic E-state index is 5.68. The highest BCUT2D eigenvalue weighted by molar-refractivity contribution is 5.91. The van der Waals surface area contributed by atoms with E-state index in [0.717, 1.165) is 33.4 Å². The van der Waals surface area contributed by atoms with Crippen molar-refractivity contribution in [3.63, 3.8) is 0 Å². The van der Waals surface area contributed by atoms with Crippen molar-refractivity contribution in [2.75, 3.05) is 5.73 Å². The maximum Gasteiger partial charge on any atom is 0.220 e. The van der Waals surface area contributed by atoms with Gasteiger partial charge in [-0.3, -0.25) is 10.1 Å². The molecular formula is C20H16N10. The molecule has 0 unspecified atom stereocenters. The van der Waals surface area contributed by atoms with Gasteiger partial charge in [-0.15, -0.1) is 5.10 Å². The van der Waals surface area contributed by atoms with Gasteiger partial charge in [0.15, 0.2) is 5.82 Å². The molecule has 10 nitrogen and oxygen atoms in total. The van der Waals surface area contributed by atoms with E-state index in [1.165, 1.54) is 0 Å². The van der Waals surface area contributed by atoms with E-state index in [2.05, 4.69) is 40.7 Å². The summed E-state index contributed by atoms with van der Waals surface area (Å²) in [4.78, 5) is 12.6. The maximum absolute atomic E-state index is 5.68. The third kappa shape index (κ3) is 3.26. The minimum atomic E-state index is 0.246. The predicted octanol–water partition coefficient (Wildman–Crippen LogP) is 2.36. The van der Waals surface area contributed by atoms with Crippen molar-refractivity contribution in [2.45, 2.75) is 0 Å². The number of H-pyrrole nitrogens is 1. The normalized spacial score (nSPS) is 11.5. The van der Waals surface area contributed by atoms with Crippen molar-refractivity contribution in [3.05, 3.63) is 60.0 Å². The Kier molecular flexibility index (Phi) is 4.21. The number of aromatic amines is 1. The molecule has 0 fully saturated rings. The van der Waals surface area contributed by atoms with Gasteiger partial charge in [0.2, 0.25) is 5.95 Å². The number of aromatic nitrogens is 9. The number of nitrogens with two attached hydrogens (primary N) is 1. The van der Waals surface area contributed by atoms with E-state index in [9.17, 15) is 0 Å². The second-order valence-electron chi connectivity index (χ2n) is 6.61. The van der Waals surface area contributed by atoms with Crippen LogP contribution in [-0.4, -0.2) is 45.4 Å². The van der Waals surface area contributed by atoms with Crippen molar-refractivity contribution in [3.8, 4) is 22.8 Å². The zero-order valence-corrected chi connectivity index (χ0v) is 15.9. The minimum absolute atomic E-state index is 0.246. The number of nitrogens with one attached hydrogen (secondary N) is 1. The molecular weight excluding hydrogens is 380 g/mol. The first-order valence-corrected chi connectivity index (χ1v) is 9.11. The summed E-state index contributed by atoms with van der Waals surface area (Å²) in [6, 6.07) is 11.7. The highest BCUT2D eigenvalue weighted by Gasteiger charge is 2.08. The molecule has 0 aliphatic carbocycles. The van der Waals surface area contributed by atoms with E-state index in [0.29, 0.717) is 11.5 Å². The van der Waals surface area contributed by atoms with Crippen molar-refractivity contribution >= 4 is 29.0 Å². The zero-order chi connectivity index (χ0) is 20.5. The van der Waals surface area contributed by atoms with E-state index in [1.54, 1.807) is 24.1 Å². The molecule has 146 valence electrons. The van der Waals surface area contributed by atoms with E-state index < -0.39 is 0 Å². The SMILES string of the molecule is Cn1nnnc1-c1ccc(/C=C/c2n[nH]c3cc(-c4ccnc(N)n4)ccc23)cn1. The second kappa shape index (κ2) is 7.17. The monoisotopic (exact) mass is 396 g/mol. The van der Waals surface area contributed by atoms with Crippen molar-refractivity contribution in [1.29, 1.82) is 0 Å². The third-order valence-electron chi connectivity index (χ3n) is 4.63. The molecule has 0 amide bonds. The van der Waals surface area contributed by atoms with E-state index in [-0.39, 0.29) is 5.95 Å². The molecule has 4 heterocycles. The molecule has 1 aromatic carbocycles. The van der Waals surface area contributed by atoms with Crippen LogP contribution in [0.4, 0.5) is 5.95 Å². The summed E-state index contributed by atoms with van der Waals surface area (Å²) in [7, 11) is 1.78. The number of anilines is 1. The Morgan fingerprint density at radius 2 is 1.97 bits per heavy atom. The highest BCUT2D eigenvalue weighted by atomic mass is 15.5. The Morgan fingerprint density at radius 3 is 2.73 bits per heavy atom. The van der Waals surface area contributed by atoms with Crippen molar-refractivity contribution in [2.24, 2.45) is 7.05 Å². The molecule has 10 heteroatoms. The molecule has 4 aromatic heterocycles. The standard InChI is InChI=1S/C20H16N10/c1-30-19(27-28-29-30)17-7-3-12(11-23-17)2-6-16-14-5-4-13(10-18(14)26-25-16)15-8-9-22-20(21)24-15/h2-11H,1H3,(H,25,26)(H2,21,22,24)/b6-2+. The van der Waals surface area contributed by atoms with Gasteiger partial charge in [-0.25, -0.2) is 14.6 Å². The first kappa shape index (κ1) is 17.6. The lowest BCUT2D eigenvalue weighted by Gasteiger charge is -2.01. The van der Waals surface area contributed by atoms with E-state index >= 15 is 0 Å². The second-order valence-corrected chi connectivity index (χ2v) is 6.61. The average molecular weight is 396 g/mol. The van der Waals surface area contributed by atoms with E-state index in [1.807, 2.05) is 48.6 Å². The van der Waals surface area contributed by atoms with Gasteiger partial charge in [-0.05, 0) is 46.3 Å². The Morgan fingerprint density at radius 1 is 1.03 bits per heavy atom. The van der Waals surface area contributed by atoms with Gasteiger partial charge in [-0.2, -0.15) is 5.10 Å². The molecule has 0 atom stereocenters. The van der Waals surface area contributed by atoms with Crippen molar-refractivity contribution in [1.82, 2.24) is 45.4 Å². The first-order valence-electron chi connectivity index (χ1n) is 9.11. The number of hydrogen-bond donors (Lipinski definition) is 2. The summed E-state index contributed by atoms with van der Waals surface area (Å²) in [6.07, 6.45) is 7.32. The van der Waals surface area contributed by atoms with Crippen LogP contribution in [0.2, 0.25) is 0 Å². The minimum Gasteiger partial charge on any atom is -0.368 e. The Balaban J connectivity index is 1.40. The van der Waals surface area contributed by atoms with Crippen LogP contribution in [-0.2, 0) is 7.05 Å². The number of benzene rings is 1. The summed E-state index contributed by atoms with van der Waals surface area (Å²) in [5.41, 5.74) is 10.8. The number of hydrogen-bond acceptors (Lipinski definition) is 8. The molecule has 0 aliphatic heterocycles. The smallest absolute Gasteiger partial charge is 0.220 e. The molecule has 3 N–H and O–H groups in total. The Labute approximate surface area is 170 Å². The number of aryl methyl sites for hydroxylation is 1. The zero-order valence-electron chi connectivity index (χ0n) is 15.9. The number of rotatable bonds is 4. The van der Waals surface area contributed by atoms with Gasteiger partial charge in [0.1, 0.15) is 5.69 Å². The molecule has 0 bridgehead atoms. The lowest BCUT2D eigenvalue weighted by atomic mass is 10.1. The van der Waals surface area contributed by atoms with Gasteiger partial charge >= 0.3 is 0 Å². The molecule has 0 saturated carbocycles. The summed E-state index contributed by atoms with van der Waals surface area (Å²) >= 11 is 0. The number of fused-ring (bicyclic) bond motifs is 1. The molecule has 0 spiro atoms. The quantitative estimate of drug-likeness (QED) is 0.472. The number of pyridine rings is 1. The van der Waals surface area contributed by atoms with E-state index in [4.69, 9.17) is 5.73 Å². The van der Waals surface area contributed by atoms with Gasteiger partial charge in [0.25, 0.3) is 0 Å². The molecule has 0 radical (unpaired) electrons. The Bertz CT molecular complexity index is 1360. The lowest BCUT2D eigenvalue weighted by Crippen LogP contribution is -1.96. The molecule has 0 saturated heterocycles. The van der Waals surface area contributed by atoms with Crippen LogP contribution in [0, 0.1) is 0 Å². The first-order chi connectivity index (χ1) is 14.7. The summed E-state index contributed by atoms with van der Waals surface area (Å²) in [5.74, 6) is 0.862. The number of tetrazole rings is 1. The van der Waals surface area contributed by atoms with Crippen LogP contribution in [0.5, 0.6) is 0 Å². The van der Waals surface area contributed by atoms with Gasteiger partial charge < -0.3 is 5.73 Å². The fourth-order valence-electron chi connectivity index (χ4n) is 3.12. The molecule has 30 heavy (non-hydrogen) atoms. The van der Waals surface area contributed by atoms with Gasteiger partial charge in [0, 0.05) is 30.4 Å². The molecule has 5 aromatic rings. The van der Waals surface area contributed by atoms with Crippen LogP contribution in [0.3, 0.4) is 0 Å².